The molecule has 0 saturated heterocycles. The summed E-state index contributed by atoms with van der Waals surface area (Å²) in [6.07, 6.45) is 2.38. The van der Waals surface area contributed by atoms with Crippen LogP contribution in [0.25, 0.3) is 10.8 Å². The fraction of sp³-hybridized carbons (Fsp3) is 0.471. The highest BCUT2D eigenvalue weighted by molar-refractivity contribution is 5.92. The van der Waals surface area contributed by atoms with Crippen molar-refractivity contribution in [2.24, 2.45) is 0 Å². The highest BCUT2D eigenvalue weighted by Gasteiger charge is 2.14. The van der Waals surface area contributed by atoms with E-state index in [9.17, 15) is 0 Å². The Bertz CT molecular complexity index is 565. The van der Waals surface area contributed by atoms with Gasteiger partial charge in [-0.25, -0.2) is 4.98 Å². The van der Waals surface area contributed by atoms with Gasteiger partial charge < -0.3 is 10.2 Å². The second-order valence-electron chi connectivity index (χ2n) is 5.44. The lowest BCUT2D eigenvalue weighted by atomic mass is 10.1. The molecule has 0 aliphatic carbocycles. The van der Waals surface area contributed by atoms with Gasteiger partial charge in [0.2, 0.25) is 0 Å². The number of nitrogens with one attached hydrogen (secondary N) is 1. The zero-order valence-electron chi connectivity index (χ0n) is 13.0. The summed E-state index contributed by atoms with van der Waals surface area (Å²) in [4.78, 5) is 7.17. The van der Waals surface area contributed by atoms with Crippen LogP contribution in [0.4, 0.5) is 5.82 Å². The van der Waals surface area contributed by atoms with Gasteiger partial charge in [-0.05, 0) is 31.8 Å². The van der Waals surface area contributed by atoms with Gasteiger partial charge in [0.1, 0.15) is 5.82 Å². The van der Waals surface area contributed by atoms with Crippen molar-refractivity contribution in [3.63, 3.8) is 0 Å². The predicted octanol–water partition coefficient (Wildman–Crippen LogP) is 3.58. The second-order valence-corrected chi connectivity index (χ2v) is 5.44. The molecule has 0 fully saturated rings. The SMILES string of the molecule is CCCC(C)N(C)c1nc(CNC)cc2ccccc12. The van der Waals surface area contributed by atoms with E-state index in [4.69, 9.17) is 4.98 Å². The molecule has 1 atom stereocenters. The number of benzene rings is 1. The van der Waals surface area contributed by atoms with E-state index in [1.54, 1.807) is 0 Å². The summed E-state index contributed by atoms with van der Waals surface area (Å²) in [5.74, 6) is 1.09. The van der Waals surface area contributed by atoms with Crippen molar-refractivity contribution >= 4 is 16.6 Å². The maximum atomic E-state index is 4.86. The van der Waals surface area contributed by atoms with Crippen LogP contribution in [0.15, 0.2) is 30.3 Å². The molecule has 1 aromatic heterocycles. The Hall–Kier alpha value is -1.61. The molecule has 2 aromatic rings. The first-order chi connectivity index (χ1) is 9.67. The Balaban J connectivity index is 2.48. The summed E-state index contributed by atoms with van der Waals surface area (Å²) in [5, 5.41) is 5.68. The Kier molecular flexibility index (Phi) is 4.96. The van der Waals surface area contributed by atoms with Crippen molar-refractivity contribution in [3.8, 4) is 0 Å². The van der Waals surface area contributed by atoms with Gasteiger partial charge in [0.05, 0.1) is 5.69 Å². The average Bonchev–Trinajstić information content (AvgIpc) is 2.46. The van der Waals surface area contributed by atoms with E-state index in [1.165, 1.54) is 23.6 Å². The van der Waals surface area contributed by atoms with Crippen molar-refractivity contribution in [2.45, 2.75) is 39.3 Å². The third-order valence-electron chi connectivity index (χ3n) is 3.83. The van der Waals surface area contributed by atoms with Crippen LogP contribution in [-0.2, 0) is 6.54 Å². The van der Waals surface area contributed by atoms with Gasteiger partial charge in [0.25, 0.3) is 0 Å². The summed E-state index contributed by atoms with van der Waals surface area (Å²) in [7, 11) is 4.11. The minimum atomic E-state index is 0.501. The van der Waals surface area contributed by atoms with Crippen LogP contribution in [0.1, 0.15) is 32.4 Å². The first-order valence-corrected chi connectivity index (χ1v) is 7.43. The number of nitrogens with zero attached hydrogens (tertiary/aromatic N) is 2. The minimum absolute atomic E-state index is 0.501. The van der Waals surface area contributed by atoms with Crippen molar-refractivity contribution < 1.29 is 0 Å². The van der Waals surface area contributed by atoms with Crippen LogP contribution in [0.3, 0.4) is 0 Å². The van der Waals surface area contributed by atoms with E-state index in [2.05, 4.69) is 61.4 Å². The Labute approximate surface area is 122 Å². The molecule has 3 heteroatoms. The van der Waals surface area contributed by atoms with E-state index in [-0.39, 0.29) is 0 Å². The van der Waals surface area contributed by atoms with E-state index in [0.29, 0.717) is 6.04 Å². The molecule has 20 heavy (non-hydrogen) atoms. The molecule has 0 radical (unpaired) electrons. The molecule has 0 saturated carbocycles. The average molecular weight is 271 g/mol. The Morgan fingerprint density at radius 3 is 2.75 bits per heavy atom. The lowest BCUT2D eigenvalue weighted by Crippen LogP contribution is -2.30. The number of hydrogen-bond donors (Lipinski definition) is 1. The maximum absolute atomic E-state index is 4.86. The molecular formula is C17H25N3. The molecule has 0 bridgehead atoms. The van der Waals surface area contributed by atoms with Gasteiger partial charge in [0, 0.05) is 25.0 Å². The van der Waals surface area contributed by atoms with Gasteiger partial charge >= 0.3 is 0 Å². The normalized spacial score (nSPS) is 12.6. The standard InChI is InChI=1S/C17H25N3/c1-5-8-13(2)20(4)17-16-10-7-6-9-14(16)11-15(19-17)12-18-3/h6-7,9-11,13,18H,5,8,12H2,1-4H3. The fourth-order valence-electron chi connectivity index (χ4n) is 2.60. The summed E-state index contributed by atoms with van der Waals surface area (Å²) in [5.41, 5.74) is 1.09. The predicted molar refractivity (Wildman–Crippen MR) is 87.3 cm³/mol. The van der Waals surface area contributed by atoms with Gasteiger partial charge in [-0.2, -0.15) is 0 Å². The summed E-state index contributed by atoms with van der Waals surface area (Å²) in [6, 6.07) is 11.2. The van der Waals surface area contributed by atoms with Crippen LogP contribution in [0.5, 0.6) is 0 Å². The largest absolute Gasteiger partial charge is 0.356 e. The monoisotopic (exact) mass is 271 g/mol. The first-order valence-electron chi connectivity index (χ1n) is 7.43. The van der Waals surface area contributed by atoms with E-state index in [0.717, 1.165) is 18.1 Å². The highest BCUT2D eigenvalue weighted by atomic mass is 15.2. The zero-order chi connectivity index (χ0) is 14.5. The van der Waals surface area contributed by atoms with Crippen LogP contribution < -0.4 is 10.2 Å². The van der Waals surface area contributed by atoms with E-state index in [1.807, 2.05) is 7.05 Å². The number of hydrogen-bond acceptors (Lipinski definition) is 3. The van der Waals surface area contributed by atoms with Gasteiger partial charge in [0.15, 0.2) is 0 Å². The molecule has 0 spiro atoms. The fourth-order valence-corrected chi connectivity index (χ4v) is 2.60. The number of anilines is 1. The minimum Gasteiger partial charge on any atom is -0.356 e. The molecule has 1 N–H and O–H groups in total. The maximum Gasteiger partial charge on any atom is 0.136 e. The molecule has 3 nitrogen and oxygen atoms in total. The molecule has 0 aliphatic rings. The van der Waals surface area contributed by atoms with Crippen molar-refractivity contribution in [1.29, 1.82) is 0 Å². The Morgan fingerprint density at radius 2 is 2.05 bits per heavy atom. The van der Waals surface area contributed by atoms with Gasteiger partial charge in [-0.15, -0.1) is 0 Å². The molecule has 2 rings (SSSR count). The summed E-state index contributed by atoms with van der Waals surface area (Å²) in [6.45, 7) is 5.30. The van der Waals surface area contributed by atoms with Crippen molar-refractivity contribution in [3.05, 3.63) is 36.0 Å². The zero-order valence-corrected chi connectivity index (χ0v) is 13.0. The summed E-state index contributed by atoms with van der Waals surface area (Å²) >= 11 is 0. The number of rotatable bonds is 6. The second kappa shape index (κ2) is 6.71. The van der Waals surface area contributed by atoms with Crippen molar-refractivity contribution in [1.82, 2.24) is 10.3 Å². The van der Waals surface area contributed by atoms with Crippen LogP contribution in [0.2, 0.25) is 0 Å². The van der Waals surface area contributed by atoms with E-state index >= 15 is 0 Å². The molecule has 0 aliphatic heterocycles. The molecule has 108 valence electrons. The van der Waals surface area contributed by atoms with E-state index < -0.39 is 0 Å². The van der Waals surface area contributed by atoms with Crippen LogP contribution in [0, 0.1) is 0 Å². The third kappa shape index (κ3) is 3.10. The lowest BCUT2D eigenvalue weighted by Gasteiger charge is -2.27. The van der Waals surface area contributed by atoms with Gasteiger partial charge in [-0.3, -0.25) is 0 Å². The number of aromatic nitrogens is 1. The quantitative estimate of drug-likeness (QED) is 0.870. The van der Waals surface area contributed by atoms with Crippen LogP contribution >= 0.6 is 0 Å². The molecule has 0 amide bonds. The highest BCUT2D eigenvalue weighted by Crippen LogP contribution is 2.27. The summed E-state index contributed by atoms with van der Waals surface area (Å²) < 4.78 is 0. The molecular weight excluding hydrogens is 246 g/mol. The molecule has 1 aromatic carbocycles. The van der Waals surface area contributed by atoms with Crippen molar-refractivity contribution in [2.75, 3.05) is 19.0 Å². The number of fused-ring (bicyclic) bond motifs is 1. The Morgan fingerprint density at radius 1 is 1.30 bits per heavy atom. The third-order valence-corrected chi connectivity index (χ3v) is 3.83. The first kappa shape index (κ1) is 14.8. The lowest BCUT2D eigenvalue weighted by molar-refractivity contribution is 0.611. The topological polar surface area (TPSA) is 28.2 Å². The molecule has 1 heterocycles. The van der Waals surface area contributed by atoms with Crippen LogP contribution in [-0.4, -0.2) is 25.1 Å². The smallest absolute Gasteiger partial charge is 0.136 e. The molecule has 1 unspecified atom stereocenters. The number of pyridine rings is 1. The van der Waals surface area contributed by atoms with Gasteiger partial charge in [-0.1, -0.05) is 37.6 Å².